The number of hydrogen-bond donors (Lipinski definition) is 0. The Kier molecular flexibility index (Phi) is 3.50. The quantitative estimate of drug-likeness (QED) is 0.747. The van der Waals surface area contributed by atoms with Crippen LogP contribution in [-0.4, -0.2) is 41.5 Å². The van der Waals surface area contributed by atoms with Crippen molar-refractivity contribution in [2.45, 2.75) is 18.9 Å². The largest absolute Gasteiger partial charge is 0.351 e. The second kappa shape index (κ2) is 5.00. The Morgan fingerprint density at radius 1 is 1.21 bits per heavy atom. The first-order chi connectivity index (χ1) is 9.06. The number of rotatable bonds is 1. The van der Waals surface area contributed by atoms with E-state index in [-0.39, 0.29) is 17.1 Å². The summed E-state index contributed by atoms with van der Waals surface area (Å²) in [7, 11) is 0. The highest BCUT2D eigenvalue weighted by molar-refractivity contribution is 6.42. The number of carbonyl (C=O) groups excluding carboxylic acids is 1. The Bertz CT molecular complexity index is 537. The fourth-order valence-corrected chi connectivity index (χ4v) is 3.33. The molecule has 1 amide bonds. The summed E-state index contributed by atoms with van der Waals surface area (Å²) in [5, 5.41) is 1.10. The van der Waals surface area contributed by atoms with Crippen LogP contribution in [0, 0.1) is 0 Å². The van der Waals surface area contributed by atoms with Gasteiger partial charge in [0.2, 0.25) is 5.91 Å². The fourth-order valence-electron chi connectivity index (χ4n) is 2.71. The summed E-state index contributed by atoms with van der Waals surface area (Å²) in [5.74, 6) is 0.896. The van der Waals surface area contributed by atoms with Crippen molar-refractivity contribution < 1.29 is 4.79 Å². The maximum Gasteiger partial charge on any atom is 0.223 e. The third-order valence-corrected chi connectivity index (χ3v) is 4.61. The molecule has 0 spiro atoms. The van der Waals surface area contributed by atoms with Crippen LogP contribution in [0.5, 0.6) is 0 Å². The molecule has 3 rings (SSSR count). The van der Waals surface area contributed by atoms with Gasteiger partial charge in [-0.1, -0.05) is 34.8 Å². The van der Waals surface area contributed by atoms with Gasteiger partial charge in [0, 0.05) is 32.1 Å². The summed E-state index contributed by atoms with van der Waals surface area (Å²) >= 11 is 18.0. The summed E-state index contributed by atoms with van der Waals surface area (Å²) in [6.07, 6.45) is 1.54. The third-order valence-electron chi connectivity index (χ3n) is 3.66. The Morgan fingerprint density at radius 3 is 2.79 bits per heavy atom. The van der Waals surface area contributed by atoms with Crippen molar-refractivity contribution in [3.8, 4) is 0 Å². The number of amides is 1. The standard InChI is InChI=1S/C12H12Cl3N3O/c13-8-5-9(14)12(16-11(8)15)17-3-4-18-7(6-17)1-2-10(18)19/h5,7H,1-4,6H2. The van der Waals surface area contributed by atoms with Crippen molar-refractivity contribution in [3.63, 3.8) is 0 Å². The Morgan fingerprint density at radius 2 is 2.00 bits per heavy atom. The molecule has 2 aliphatic heterocycles. The number of pyridine rings is 1. The molecule has 2 saturated heterocycles. The number of aromatic nitrogens is 1. The van der Waals surface area contributed by atoms with E-state index in [1.807, 2.05) is 4.90 Å². The van der Waals surface area contributed by atoms with Gasteiger partial charge in [-0.3, -0.25) is 4.79 Å². The predicted molar refractivity (Wildman–Crippen MR) is 76.2 cm³/mol. The van der Waals surface area contributed by atoms with Crippen molar-refractivity contribution in [2.75, 3.05) is 24.5 Å². The third kappa shape index (κ3) is 2.37. The van der Waals surface area contributed by atoms with Gasteiger partial charge < -0.3 is 9.80 Å². The molecule has 0 aliphatic carbocycles. The molecular weight excluding hydrogens is 309 g/mol. The number of halogens is 3. The molecule has 2 fully saturated rings. The second-order valence-electron chi connectivity index (χ2n) is 4.79. The van der Waals surface area contributed by atoms with Crippen LogP contribution in [-0.2, 0) is 4.79 Å². The molecule has 1 atom stereocenters. The van der Waals surface area contributed by atoms with Crippen molar-refractivity contribution in [3.05, 3.63) is 21.3 Å². The monoisotopic (exact) mass is 319 g/mol. The molecule has 3 heterocycles. The topological polar surface area (TPSA) is 36.4 Å². The summed E-state index contributed by atoms with van der Waals surface area (Å²) in [4.78, 5) is 19.9. The van der Waals surface area contributed by atoms with Crippen molar-refractivity contribution in [1.29, 1.82) is 0 Å². The maximum atomic E-state index is 11.6. The first-order valence-electron chi connectivity index (χ1n) is 6.12. The molecule has 4 nitrogen and oxygen atoms in total. The van der Waals surface area contributed by atoms with E-state index in [9.17, 15) is 4.79 Å². The first-order valence-corrected chi connectivity index (χ1v) is 7.25. The zero-order valence-corrected chi connectivity index (χ0v) is 12.3. The van der Waals surface area contributed by atoms with Crippen LogP contribution in [0.1, 0.15) is 12.8 Å². The van der Waals surface area contributed by atoms with Gasteiger partial charge in [-0.2, -0.15) is 0 Å². The van der Waals surface area contributed by atoms with E-state index in [0.29, 0.717) is 35.4 Å². The number of carbonyl (C=O) groups is 1. The van der Waals surface area contributed by atoms with E-state index >= 15 is 0 Å². The summed E-state index contributed by atoms with van der Waals surface area (Å²) in [6.45, 7) is 2.17. The predicted octanol–water partition coefficient (Wildman–Crippen LogP) is 2.85. The summed E-state index contributed by atoms with van der Waals surface area (Å²) in [5.41, 5.74) is 0. The van der Waals surface area contributed by atoms with Crippen molar-refractivity contribution >= 4 is 46.5 Å². The van der Waals surface area contributed by atoms with E-state index in [0.717, 1.165) is 13.0 Å². The Labute approximate surface area is 126 Å². The van der Waals surface area contributed by atoms with Crippen LogP contribution in [0.3, 0.4) is 0 Å². The number of hydrogen-bond acceptors (Lipinski definition) is 3. The van der Waals surface area contributed by atoms with Gasteiger partial charge in [-0.15, -0.1) is 0 Å². The zero-order chi connectivity index (χ0) is 13.6. The molecule has 1 unspecified atom stereocenters. The first kappa shape index (κ1) is 13.3. The molecule has 19 heavy (non-hydrogen) atoms. The molecule has 0 bridgehead atoms. The van der Waals surface area contributed by atoms with E-state index < -0.39 is 0 Å². The zero-order valence-electron chi connectivity index (χ0n) is 10.1. The Balaban J connectivity index is 1.84. The van der Waals surface area contributed by atoms with Gasteiger partial charge in [-0.25, -0.2) is 4.98 Å². The SMILES string of the molecule is O=C1CCC2CN(c3nc(Cl)c(Cl)cc3Cl)CCN12. The molecule has 0 radical (unpaired) electrons. The minimum Gasteiger partial charge on any atom is -0.351 e. The second-order valence-corrected chi connectivity index (χ2v) is 5.96. The average molecular weight is 321 g/mol. The van der Waals surface area contributed by atoms with E-state index in [1.54, 1.807) is 6.07 Å². The smallest absolute Gasteiger partial charge is 0.223 e. The number of anilines is 1. The molecule has 0 aromatic carbocycles. The van der Waals surface area contributed by atoms with E-state index in [2.05, 4.69) is 9.88 Å². The van der Waals surface area contributed by atoms with Crippen LogP contribution in [0.4, 0.5) is 5.82 Å². The highest BCUT2D eigenvalue weighted by Crippen LogP contribution is 2.33. The normalized spacial score (nSPS) is 22.9. The van der Waals surface area contributed by atoms with Crippen LogP contribution in [0.15, 0.2) is 6.07 Å². The number of piperazine rings is 1. The van der Waals surface area contributed by atoms with Crippen molar-refractivity contribution in [1.82, 2.24) is 9.88 Å². The lowest BCUT2D eigenvalue weighted by Crippen LogP contribution is -2.51. The van der Waals surface area contributed by atoms with Crippen molar-refractivity contribution in [2.24, 2.45) is 0 Å². The summed E-state index contributed by atoms with van der Waals surface area (Å²) in [6, 6.07) is 1.87. The lowest BCUT2D eigenvalue weighted by Gasteiger charge is -2.38. The molecule has 1 aromatic rings. The molecule has 7 heteroatoms. The van der Waals surface area contributed by atoms with Gasteiger partial charge in [-0.05, 0) is 12.5 Å². The molecule has 0 N–H and O–H groups in total. The Hall–Kier alpha value is -0.710. The van der Waals surface area contributed by atoms with Crippen LogP contribution in [0.25, 0.3) is 0 Å². The summed E-state index contributed by atoms with van der Waals surface area (Å²) < 4.78 is 0. The van der Waals surface area contributed by atoms with Gasteiger partial charge in [0.05, 0.1) is 10.0 Å². The molecule has 102 valence electrons. The number of nitrogens with zero attached hydrogens (tertiary/aromatic N) is 3. The van der Waals surface area contributed by atoms with Crippen LogP contribution in [0.2, 0.25) is 15.2 Å². The fraction of sp³-hybridized carbons (Fsp3) is 0.500. The van der Waals surface area contributed by atoms with E-state index in [4.69, 9.17) is 34.8 Å². The van der Waals surface area contributed by atoms with Gasteiger partial charge in [0.25, 0.3) is 0 Å². The van der Waals surface area contributed by atoms with Gasteiger partial charge in [0.15, 0.2) is 0 Å². The van der Waals surface area contributed by atoms with Gasteiger partial charge in [0.1, 0.15) is 11.0 Å². The lowest BCUT2D eigenvalue weighted by atomic mass is 10.1. The van der Waals surface area contributed by atoms with E-state index in [1.165, 1.54) is 0 Å². The van der Waals surface area contributed by atoms with Crippen LogP contribution < -0.4 is 4.90 Å². The molecular formula is C12H12Cl3N3O. The minimum atomic E-state index is 0.248. The highest BCUT2D eigenvalue weighted by Gasteiger charge is 2.36. The highest BCUT2D eigenvalue weighted by atomic mass is 35.5. The van der Waals surface area contributed by atoms with Gasteiger partial charge >= 0.3 is 0 Å². The maximum absolute atomic E-state index is 11.6. The lowest BCUT2D eigenvalue weighted by molar-refractivity contribution is -0.129. The number of fused-ring (bicyclic) bond motifs is 1. The average Bonchev–Trinajstić information content (AvgIpc) is 2.75. The van der Waals surface area contributed by atoms with Crippen LogP contribution >= 0.6 is 34.8 Å². The molecule has 0 saturated carbocycles. The molecule has 2 aliphatic rings. The minimum absolute atomic E-state index is 0.248. The molecule has 1 aromatic heterocycles.